The Morgan fingerprint density at radius 3 is 2.74 bits per heavy atom. The Bertz CT molecular complexity index is 570. The Hall–Kier alpha value is -1.88. The van der Waals surface area contributed by atoms with E-state index in [2.05, 4.69) is 15.3 Å². The number of aromatic nitrogens is 2. The molecule has 4 nitrogen and oxygen atoms in total. The van der Waals surface area contributed by atoms with Crippen LogP contribution in [0.3, 0.4) is 0 Å². The fraction of sp³-hybridized carbons (Fsp3) is 0.231. The standard InChI is InChI=1S/C13H13ClFN3O/c1-3-11-17-12(16-2)7-13(18-11)19-10-5-4-8(15)6-9(10)14/h4-7H,3H2,1-2H3,(H,16,17,18). The lowest BCUT2D eigenvalue weighted by molar-refractivity contribution is 0.458. The molecule has 1 aromatic heterocycles. The number of nitrogens with zero attached hydrogens (tertiary/aromatic N) is 2. The number of benzene rings is 1. The van der Waals surface area contributed by atoms with Crippen LogP contribution in [0.1, 0.15) is 12.7 Å². The van der Waals surface area contributed by atoms with E-state index in [4.69, 9.17) is 16.3 Å². The first-order valence-corrected chi connectivity index (χ1v) is 6.18. The molecule has 2 rings (SSSR count). The summed E-state index contributed by atoms with van der Waals surface area (Å²) >= 11 is 5.90. The Morgan fingerprint density at radius 1 is 1.32 bits per heavy atom. The lowest BCUT2D eigenvalue weighted by Crippen LogP contribution is -2.01. The Balaban J connectivity index is 2.31. The van der Waals surface area contributed by atoms with Crippen molar-refractivity contribution in [1.82, 2.24) is 9.97 Å². The van der Waals surface area contributed by atoms with Gasteiger partial charge in [-0.15, -0.1) is 0 Å². The first kappa shape index (κ1) is 13.5. The monoisotopic (exact) mass is 281 g/mol. The van der Waals surface area contributed by atoms with Crippen LogP contribution in [0.15, 0.2) is 24.3 Å². The molecule has 0 aliphatic heterocycles. The summed E-state index contributed by atoms with van der Waals surface area (Å²) < 4.78 is 18.5. The van der Waals surface area contributed by atoms with Gasteiger partial charge in [0.15, 0.2) is 0 Å². The van der Waals surface area contributed by atoms with Crippen molar-refractivity contribution in [1.29, 1.82) is 0 Å². The number of hydrogen-bond donors (Lipinski definition) is 1. The van der Waals surface area contributed by atoms with E-state index in [0.717, 1.165) is 0 Å². The van der Waals surface area contributed by atoms with Gasteiger partial charge in [0.2, 0.25) is 5.88 Å². The molecule has 19 heavy (non-hydrogen) atoms. The second-order valence-corrected chi connectivity index (χ2v) is 4.20. The minimum atomic E-state index is -0.412. The maximum atomic E-state index is 12.9. The van der Waals surface area contributed by atoms with Crippen molar-refractivity contribution < 1.29 is 9.13 Å². The molecule has 0 amide bonds. The molecule has 0 saturated heterocycles. The van der Waals surface area contributed by atoms with E-state index in [0.29, 0.717) is 29.7 Å². The van der Waals surface area contributed by atoms with Gasteiger partial charge in [-0.25, -0.2) is 9.37 Å². The van der Waals surface area contributed by atoms with Crippen molar-refractivity contribution in [3.05, 3.63) is 40.9 Å². The third-order valence-corrected chi connectivity index (χ3v) is 2.73. The smallest absolute Gasteiger partial charge is 0.224 e. The molecule has 2 aromatic rings. The SMILES string of the molecule is CCc1nc(NC)cc(Oc2ccc(F)cc2Cl)n1. The molecule has 100 valence electrons. The number of halogens is 2. The van der Waals surface area contributed by atoms with Gasteiger partial charge in [0.25, 0.3) is 0 Å². The van der Waals surface area contributed by atoms with Gasteiger partial charge in [-0.1, -0.05) is 18.5 Å². The minimum absolute atomic E-state index is 0.197. The number of rotatable bonds is 4. The van der Waals surface area contributed by atoms with Crippen molar-refractivity contribution in [3.63, 3.8) is 0 Å². The zero-order valence-electron chi connectivity index (χ0n) is 10.6. The van der Waals surface area contributed by atoms with Crippen LogP contribution in [0.2, 0.25) is 5.02 Å². The number of nitrogens with one attached hydrogen (secondary N) is 1. The van der Waals surface area contributed by atoms with E-state index in [1.54, 1.807) is 13.1 Å². The Labute approximate surface area is 115 Å². The van der Waals surface area contributed by atoms with Gasteiger partial charge in [0, 0.05) is 19.5 Å². The highest BCUT2D eigenvalue weighted by Crippen LogP contribution is 2.29. The van der Waals surface area contributed by atoms with E-state index in [9.17, 15) is 4.39 Å². The molecule has 0 aliphatic rings. The summed E-state index contributed by atoms with van der Waals surface area (Å²) in [7, 11) is 1.76. The molecule has 0 aliphatic carbocycles. The first-order valence-electron chi connectivity index (χ1n) is 5.81. The number of aryl methyl sites for hydroxylation is 1. The summed E-state index contributed by atoms with van der Waals surface area (Å²) in [6, 6.07) is 5.59. The van der Waals surface area contributed by atoms with Crippen molar-refractivity contribution >= 4 is 17.4 Å². The number of hydrogen-bond acceptors (Lipinski definition) is 4. The predicted octanol–water partition coefficient (Wildman–Crippen LogP) is 3.67. The second-order valence-electron chi connectivity index (χ2n) is 3.79. The maximum Gasteiger partial charge on any atom is 0.224 e. The molecular weight excluding hydrogens is 269 g/mol. The van der Waals surface area contributed by atoms with E-state index < -0.39 is 5.82 Å². The van der Waals surface area contributed by atoms with Gasteiger partial charge in [-0.3, -0.25) is 0 Å². The van der Waals surface area contributed by atoms with E-state index in [-0.39, 0.29) is 5.02 Å². The molecule has 0 radical (unpaired) electrons. The average Bonchev–Trinajstić information content (AvgIpc) is 2.41. The van der Waals surface area contributed by atoms with Gasteiger partial charge < -0.3 is 10.1 Å². The summed E-state index contributed by atoms with van der Waals surface area (Å²) in [5, 5.41) is 3.12. The topological polar surface area (TPSA) is 47.0 Å². The van der Waals surface area contributed by atoms with Crippen LogP contribution in [0.4, 0.5) is 10.2 Å². The van der Waals surface area contributed by atoms with Crippen LogP contribution in [-0.2, 0) is 6.42 Å². The van der Waals surface area contributed by atoms with Crippen LogP contribution in [-0.4, -0.2) is 17.0 Å². The molecule has 0 spiro atoms. The van der Waals surface area contributed by atoms with Crippen molar-refractivity contribution in [2.45, 2.75) is 13.3 Å². The summed E-state index contributed by atoms with van der Waals surface area (Å²) in [5.41, 5.74) is 0. The normalized spacial score (nSPS) is 10.3. The molecule has 0 atom stereocenters. The van der Waals surface area contributed by atoms with E-state index in [1.807, 2.05) is 6.92 Å². The molecule has 0 unspecified atom stereocenters. The average molecular weight is 282 g/mol. The fourth-order valence-corrected chi connectivity index (χ4v) is 1.69. The zero-order valence-corrected chi connectivity index (χ0v) is 11.3. The largest absolute Gasteiger partial charge is 0.437 e. The van der Waals surface area contributed by atoms with Crippen molar-refractivity contribution in [2.24, 2.45) is 0 Å². The first-order chi connectivity index (χ1) is 9.12. The summed E-state index contributed by atoms with van der Waals surface area (Å²) in [5.74, 6) is 1.61. The van der Waals surface area contributed by atoms with Gasteiger partial charge in [0.1, 0.15) is 23.2 Å². The molecule has 0 fully saturated rings. The molecule has 0 bridgehead atoms. The molecule has 1 heterocycles. The predicted molar refractivity (Wildman–Crippen MR) is 72.4 cm³/mol. The van der Waals surface area contributed by atoms with Gasteiger partial charge in [-0.05, 0) is 18.2 Å². The van der Waals surface area contributed by atoms with Crippen molar-refractivity contribution in [3.8, 4) is 11.6 Å². The summed E-state index contributed by atoms with van der Waals surface area (Å²) in [4.78, 5) is 8.49. The highest BCUT2D eigenvalue weighted by atomic mass is 35.5. The minimum Gasteiger partial charge on any atom is -0.437 e. The zero-order chi connectivity index (χ0) is 13.8. The highest BCUT2D eigenvalue weighted by molar-refractivity contribution is 6.32. The third-order valence-electron chi connectivity index (χ3n) is 2.43. The van der Waals surface area contributed by atoms with Gasteiger partial charge >= 0.3 is 0 Å². The van der Waals surface area contributed by atoms with E-state index in [1.165, 1.54) is 18.2 Å². The maximum absolute atomic E-state index is 12.9. The molecule has 0 saturated carbocycles. The number of anilines is 1. The fourth-order valence-electron chi connectivity index (χ4n) is 1.48. The Kier molecular flexibility index (Phi) is 4.16. The van der Waals surface area contributed by atoms with Crippen LogP contribution < -0.4 is 10.1 Å². The molecular formula is C13H13ClFN3O. The van der Waals surface area contributed by atoms with Crippen molar-refractivity contribution in [2.75, 3.05) is 12.4 Å². The highest BCUT2D eigenvalue weighted by Gasteiger charge is 2.08. The summed E-state index contributed by atoms with van der Waals surface area (Å²) in [6.45, 7) is 1.95. The van der Waals surface area contributed by atoms with Gasteiger partial charge in [0.05, 0.1) is 5.02 Å². The molecule has 1 aromatic carbocycles. The molecule has 1 N–H and O–H groups in total. The van der Waals surface area contributed by atoms with Crippen LogP contribution in [0, 0.1) is 5.82 Å². The van der Waals surface area contributed by atoms with Crippen LogP contribution >= 0.6 is 11.6 Å². The summed E-state index contributed by atoms with van der Waals surface area (Å²) in [6.07, 6.45) is 0.684. The number of ether oxygens (including phenoxy) is 1. The van der Waals surface area contributed by atoms with Gasteiger partial charge in [-0.2, -0.15) is 4.98 Å². The Morgan fingerprint density at radius 2 is 2.11 bits per heavy atom. The quantitative estimate of drug-likeness (QED) is 0.929. The second kappa shape index (κ2) is 5.84. The van der Waals surface area contributed by atoms with E-state index >= 15 is 0 Å². The van der Waals surface area contributed by atoms with Crippen LogP contribution in [0.25, 0.3) is 0 Å². The lowest BCUT2D eigenvalue weighted by atomic mass is 10.3. The molecule has 6 heteroatoms. The lowest BCUT2D eigenvalue weighted by Gasteiger charge is -2.09. The third kappa shape index (κ3) is 3.32. The van der Waals surface area contributed by atoms with Crippen LogP contribution in [0.5, 0.6) is 11.6 Å².